The summed E-state index contributed by atoms with van der Waals surface area (Å²) in [6.45, 7) is 2.80. The summed E-state index contributed by atoms with van der Waals surface area (Å²) in [7, 11) is 1.89. The van der Waals surface area contributed by atoms with Gasteiger partial charge in [0.25, 0.3) is 0 Å². The van der Waals surface area contributed by atoms with Gasteiger partial charge in [0.15, 0.2) is 0 Å². The topological polar surface area (TPSA) is 28.2 Å². The van der Waals surface area contributed by atoms with Crippen LogP contribution >= 0.6 is 0 Å². The second-order valence-electron chi connectivity index (χ2n) is 6.71. The molecule has 4 heteroatoms. The summed E-state index contributed by atoms with van der Waals surface area (Å²) in [5.41, 5.74) is 1.56. The molecule has 0 unspecified atom stereocenters. The Labute approximate surface area is 126 Å². The van der Waals surface area contributed by atoms with Gasteiger partial charge in [0.2, 0.25) is 0 Å². The van der Waals surface area contributed by atoms with Crippen LogP contribution in [0.3, 0.4) is 0 Å². The largest absolute Gasteiger partial charge is 0.356 e. The van der Waals surface area contributed by atoms with E-state index >= 15 is 0 Å². The van der Waals surface area contributed by atoms with E-state index in [1.54, 1.807) is 6.07 Å². The normalized spacial score (nSPS) is 21.7. The van der Waals surface area contributed by atoms with Gasteiger partial charge in [-0.2, -0.15) is 0 Å². The van der Waals surface area contributed by atoms with Gasteiger partial charge >= 0.3 is 0 Å². The number of piperidine rings is 1. The number of pyridine rings is 1. The molecule has 116 valence electrons. The first-order chi connectivity index (χ1) is 10.2. The first kappa shape index (κ1) is 14.8. The number of aromatic nitrogens is 1. The maximum Gasteiger partial charge on any atom is 0.141 e. The Morgan fingerprint density at radius 1 is 1.19 bits per heavy atom. The number of nitrogens with one attached hydrogen (secondary N) is 1. The summed E-state index contributed by atoms with van der Waals surface area (Å²) < 4.78 is 13.4. The lowest BCUT2D eigenvalue weighted by Crippen LogP contribution is -2.42. The van der Waals surface area contributed by atoms with Crippen molar-refractivity contribution in [2.45, 2.75) is 51.5 Å². The fraction of sp³-hybridized carbons (Fsp3) is 0.706. The van der Waals surface area contributed by atoms with Gasteiger partial charge in [-0.05, 0) is 44.2 Å². The van der Waals surface area contributed by atoms with E-state index in [1.165, 1.54) is 51.1 Å². The van der Waals surface area contributed by atoms with Gasteiger partial charge in [-0.3, -0.25) is 0 Å². The van der Waals surface area contributed by atoms with Gasteiger partial charge in [-0.25, -0.2) is 9.37 Å². The van der Waals surface area contributed by atoms with Crippen molar-refractivity contribution in [2.24, 2.45) is 5.41 Å². The maximum absolute atomic E-state index is 13.4. The zero-order chi connectivity index (χ0) is 14.7. The molecule has 1 N–H and O–H groups in total. The van der Waals surface area contributed by atoms with Crippen molar-refractivity contribution in [1.29, 1.82) is 0 Å². The minimum Gasteiger partial charge on any atom is -0.356 e. The molecule has 0 atom stereocenters. The van der Waals surface area contributed by atoms with E-state index in [-0.39, 0.29) is 5.82 Å². The summed E-state index contributed by atoms with van der Waals surface area (Å²) in [6, 6.07) is 1.61. The molecule has 2 aliphatic rings. The van der Waals surface area contributed by atoms with Crippen molar-refractivity contribution < 1.29 is 4.39 Å². The minimum absolute atomic E-state index is 0.246. The molecule has 1 aliphatic heterocycles. The van der Waals surface area contributed by atoms with E-state index in [1.807, 2.05) is 7.05 Å². The van der Waals surface area contributed by atoms with Crippen LogP contribution in [0.15, 0.2) is 12.3 Å². The van der Waals surface area contributed by atoms with Crippen molar-refractivity contribution in [3.63, 3.8) is 0 Å². The highest BCUT2D eigenvalue weighted by Crippen LogP contribution is 2.45. The van der Waals surface area contributed by atoms with Crippen LogP contribution in [0.4, 0.5) is 10.2 Å². The van der Waals surface area contributed by atoms with Crippen molar-refractivity contribution >= 4 is 5.82 Å². The lowest BCUT2D eigenvalue weighted by Gasteiger charge is -2.45. The zero-order valence-electron chi connectivity index (χ0n) is 13.0. The number of anilines is 1. The average molecular weight is 291 g/mol. The Hall–Kier alpha value is -1.16. The zero-order valence-corrected chi connectivity index (χ0v) is 13.0. The molecule has 3 nitrogen and oxygen atoms in total. The van der Waals surface area contributed by atoms with Crippen molar-refractivity contribution in [3.05, 3.63) is 23.6 Å². The van der Waals surface area contributed by atoms with E-state index in [2.05, 4.69) is 15.2 Å². The van der Waals surface area contributed by atoms with Gasteiger partial charge < -0.3 is 10.2 Å². The second-order valence-corrected chi connectivity index (χ2v) is 6.71. The molecule has 21 heavy (non-hydrogen) atoms. The summed E-state index contributed by atoms with van der Waals surface area (Å²) in [5.74, 6) is 0.723. The van der Waals surface area contributed by atoms with E-state index < -0.39 is 0 Å². The maximum atomic E-state index is 13.4. The smallest absolute Gasteiger partial charge is 0.141 e. The Kier molecular flexibility index (Phi) is 4.43. The summed E-state index contributed by atoms with van der Waals surface area (Å²) in [5, 5.41) is 3.11. The van der Waals surface area contributed by atoms with Gasteiger partial charge in [0, 0.05) is 25.2 Å². The quantitative estimate of drug-likeness (QED) is 0.924. The highest BCUT2D eigenvalue weighted by atomic mass is 19.1. The predicted molar refractivity (Wildman–Crippen MR) is 83.9 cm³/mol. The van der Waals surface area contributed by atoms with Crippen molar-refractivity contribution in [2.75, 3.05) is 25.0 Å². The number of hydrogen-bond acceptors (Lipinski definition) is 3. The molecule has 0 radical (unpaired) electrons. The molecule has 0 aromatic carbocycles. The van der Waals surface area contributed by atoms with Gasteiger partial charge in [-0.15, -0.1) is 0 Å². The molecular weight excluding hydrogens is 265 g/mol. The first-order valence-electron chi connectivity index (χ1n) is 8.26. The fourth-order valence-corrected chi connectivity index (χ4v) is 4.07. The third-order valence-electron chi connectivity index (χ3n) is 5.31. The van der Waals surface area contributed by atoms with Crippen LogP contribution in [-0.4, -0.2) is 25.1 Å². The molecule has 1 saturated heterocycles. The highest BCUT2D eigenvalue weighted by molar-refractivity contribution is 5.47. The van der Waals surface area contributed by atoms with E-state index in [9.17, 15) is 4.39 Å². The number of rotatable bonds is 3. The molecule has 1 aromatic rings. The monoisotopic (exact) mass is 291 g/mol. The third kappa shape index (κ3) is 3.20. The third-order valence-corrected chi connectivity index (χ3v) is 5.31. The molecule has 1 saturated carbocycles. The molecule has 2 fully saturated rings. The van der Waals surface area contributed by atoms with Gasteiger partial charge in [-0.1, -0.05) is 19.3 Å². The Bertz CT molecular complexity index is 473. The summed E-state index contributed by atoms with van der Waals surface area (Å²) in [6.07, 6.45) is 10.9. The highest BCUT2D eigenvalue weighted by Gasteiger charge is 2.36. The van der Waals surface area contributed by atoms with Crippen LogP contribution in [0.25, 0.3) is 0 Å². The van der Waals surface area contributed by atoms with Crippen LogP contribution in [0.5, 0.6) is 0 Å². The molecular formula is C17H26FN3. The summed E-state index contributed by atoms with van der Waals surface area (Å²) >= 11 is 0. The summed E-state index contributed by atoms with van der Waals surface area (Å²) in [4.78, 5) is 6.72. The van der Waals surface area contributed by atoms with Crippen LogP contribution in [0, 0.1) is 11.2 Å². The molecule has 1 aromatic heterocycles. The predicted octanol–water partition coefficient (Wildman–Crippen LogP) is 3.49. The first-order valence-corrected chi connectivity index (χ1v) is 8.26. The van der Waals surface area contributed by atoms with Crippen LogP contribution in [-0.2, 0) is 6.54 Å². The number of nitrogens with zero attached hydrogens (tertiary/aromatic N) is 2. The molecule has 1 spiro atoms. The number of hydrogen-bond donors (Lipinski definition) is 1. The van der Waals surface area contributed by atoms with E-state index in [0.717, 1.165) is 24.5 Å². The van der Waals surface area contributed by atoms with E-state index in [4.69, 9.17) is 0 Å². The second kappa shape index (κ2) is 6.30. The SMILES string of the molecule is CNCc1cc(F)cnc1N1CCC2(CCCCC2)CC1. The molecule has 1 aliphatic carbocycles. The van der Waals surface area contributed by atoms with Gasteiger partial charge in [0.1, 0.15) is 11.6 Å². The number of halogens is 1. The van der Waals surface area contributed by atoms with Crippen LogP contribution < -0.4 is 10.2 Å². The fourth-order valence-electron chi connectivity index (χ4n) is 4.07. The molecule has 0 bridgehead atoms. The minimum atomic E-state index is -0.246. The molecule has 0 amide bonds. The standard InChI is InChI=1S/C17H26FN3/c1-19-12-14-11-15(18)13-20-16(14)21-9-7-17(8-10-21)5-3-2-4-6-17/h11,13,19H,2-10,12H2,1H3. The van der Waals surface area contributed by atoms with Crippen LogP contribution in [0.1, 0.15) is 50.5 Å². The Morgan fingerprint density at radius 2 is 1.90 bits per heavy atom. The van der Waals surface area contributed by atoms with Crippen molar-refractivity contribution in [1.82, 2.24) is 10.3 Å². The molecule has 3 rings (SSSR count). The van der Waals surface area contributed by atoms with E-state index in [0.29, 0.717) is 12.0 Å². The Balaban J connectivity index is 1.71. The van der Waals surface area contributed by atoms with Crippen LogP contribution in [0.2, 0.25) is 0 Å². The molecule has 2 heterocycles. The average Bonchev–Trinajstić information content (AvgIpc) is 2.50. The van der Waals surface area contributed by atoms with Gasteiger partial charge in [0.05, 0.1) is 6.20 Å². The lowest BCUT2D eigenvalue weighted by molar-refractivity contribution is 0.144. The Morgan fingerprint density at radius 3 is 2.57 bits per heavy atom. The van der Waals surface area contributed by atoms with Crippen molar-refractivity contribution in [3.8, 4) is 0 Å². The lowest BCUT2D eigenvalue weighted by atomic mass is 9.68.